The third-order valence-corrected chi connectivity index (χ3v) is 17.1. The van der Waals surface area contributed by atoms with E-state index >= 15 is 0 Å². The average Bonchev–Trinajstić information content (AvgIpc) is 3.42. The summed E-state index contributed by atoms with van der Waals surface area (Å²) in [4.78, 5) is 25.8. The molecule has 0 heterocycles. The molecule has 2 aromatic carbocycles. The fourth-order valence-electron chi connectivity index (χ4n) is 11.4. The topological polar surface area (TPSA) is 135 Å². The Bertz CT molecular complexity index is 1610. The molecule has 0 bridgehead atoms. The van der Waals surface area contributed by atoms with Crippen molar-refractivity contribution in [2.24, 2.45) is 52.3 Å². The van der Waals surface area contributed by atoms with Crippen LogP contribution in [0.2, 0.25) is 0 Å². The van der Waals surface area contributed by atoms with Crippen molar-refractivity contribution in [3.05, 3.63) is 57.7 Å². The molecule has 5 N–H and O–H groups in total. The molecule has 4 saturated carbocycles. The van der Waals surface area contributed by atoms with E-state index in [1.54, 1.807) is 6.07 Å². The van der Waals surface area contributed by atoms with E-state index < -0.39 is 24.1 Å². The number of halogens is 3. The molecule has 10 heteroatoms. The number of phenols is 1. The number of aliphatic carboxylic acids is 1. The van der Waals surface area contributed by atoms with Crippen molar-refractivity contribution in [3.8, 4) is 5.75 Å². The van der Waals surface area contributed by atoms with E-state index in [-0.39, 0.29) is 76.8 Å². The van der Waals surface area contributed by atoms with Crippen LogP contribution in [-0.2, 0) is 22.4 Å². The van der Waals surface area contributed by atoms with Gasteiger partial charge in [-0.2, -0.15) is 0 Å². The zero-order valence-electron chi connectivity index (χ0n) is 29.8. The number of carboxylic acid groups (broad SMARTS) is 1. The standard InChI is InChI=1S/C41H53I3O7/c1-21(29-7-8-30-38-31(20-37(49)41(29,30)3)40(2)11-10-27(46)18-25(40)19-36(38)48)4-6-26(45)17-24(39(50)51)12-23-15-32(42)28(33(43)16-23)13-22-5-9-35(47)34(44)14-22/h5,9,14-16,21,24-25,27,29-31,36-38,46-49H,4,6-8,10-13,17-20H2,1-3H3,(H,50,51)/t21-,24-,25+,27-,29-,30?,31?,36?,37+,38?,40+,41-/m1/s1. The lowest BCUT2D eigenvalue weighted by Gasteiger charge is -2.63. The Morgan fingerprint density at radius 1 is 0.902 bits per heavy atom. The quantitative estimate of drug-likeness (QED) is 0.143. The molecule has 4 unspecified atom stereocenters. The summed E-state index contributed by atoms with van der Waals surface area (Å²) in [5.74, 6) is -0.158. The second-order valence-electron chi connectivity index (χ2n) is 17.0. The van der Waals surface area contributed by atoms with Gasteiger partial charge in [0.2, 0.25) is 0 Å². The molecule has 0 amide bonds. The summed E-state index contributed by atoms with van der Waals surface area (Å²) >= 11 is 6.74. The smallest absolute Gasteiger partial charge is 0.307 e. The van der Waals surface area contributed by atoms with E-state index in [9.17, 15) is 35.1 Å². The lowest BCUT2D eigenvalue weighted by molar-refractivity contribution is -0.207. The van der Waals surface area contributed by atoms with Gasteiger partial charge >= 0.3 is 5.97 Å². The SMILES string of the molecule is C[C@H](CCC(=O)C[C@@H](Cc1cc(I)c(Cc2ccc(O)c(I)c2)c(I)c1)C(=O)O)[C@H]1CCC2C3C(O)C[C@@H]4C[C@H](O)CC[C@]4(C)C3C[C@H](O)[C@@]21C. The van der Waals surface area contributed by atoms with Gasteiger partial charge in [-0.3, -0.25) is 9.59 Å². The normalized spacial score (nSPS) is 35.7. The average molecular weight is 1040 g/mol. The first-order valence-electron chi connectivity index (χ1n) is 18.8. The Kier molecular flexibility index (Phi) is 12.5. The maximum atomic E-state index is 13.4. The van der Waals surface area contributed by atoms with Gasteiger partial charge in [0.25, 0.3) is 0 Å². The third kappa shape index (κ3) is 7.94. The fraction of sp³-hybridized carbons (Fsp3) is 0.659. The molecule has 0 radical (unpaired) electrons. The van der Waals surface area contributed by atoms with Crippen LogP contribution in [0, 0.1) is 63.0 Å². The lowest BCUT2D eigenvalue weighted by atomic mass is 9.43. The van der Waals surface area contributed by atoms with Gasteiger partial charge in [-0.15, -0.1) is 0 Å². The van der Waals surface area contributed by atoms with Crippen molar-refractivity contribution in [2.75, 3.05) is 0 Å². The summed E-state index contributed by atoms with van der Waals surface area (Å²) in [5, 5.41) is 53.9. The number of aromatic hydroxyl groups is 1. The number of ketones is 1. The van der Waals surface area contributed by atoms with E-state index in [1.807, 2.05) is 24.3 Å². The minimum absolute atomic E-state index is 0.000482. The molecule has 0 aliphatic heterocycles. The summed E-state index contributed by atoms with van der Waals surface area (Å²) in [6, 6.07) is 9.66. The van der Waals surface area contributed by atoms with E-state index in [2.05, 4.69) is 88.5 Å². The minimum Gasteiger partial charge on any atom is -0.507 e. The summed E-state index contributed by atoms with van der Waals surface area (Å²) in [6.07, 6.45) is 6.69. The van der Waals surface area contributed by atoms with E-state index in [4.69, 9.17) is 0 Å². The van der Waals surface area contributed by atoms with Crippen LogP contribution in [-0.4, -0.2) is 55.6 Å². The molecule has 7 nitrogen and oxygen atoms in total. The number of aliphatic hydroxyl groups excluding tert-OH is 3. The number of fused-ring (bicyclic) bond motifs is 5. The minimum atomic E-state index is -0.954. The van der Waals surface area contributed by atoms with Crippen molar-refractivity contribution in [3.63, 3.8) is 0 Å². The molecule has 4 fully saturated rings. The largest absolute Gasteiger partial charge is 0.507 e. The molecule has 4 aliphatic carbocycles. The monoisotopic (exact) mass is 1040 g/mol. The summed E-state index contributed by atoms with van der Waals surface area (Å²) < 4.78 is 2.90. The molecular weight excluding hydrogens is 985 g/mol. The zero-order valence-corrected chi connectivity index (χ0v) is 36.3. The fourth-order valence-corrected chi connectivity index (χ4v) is 14.3. The van der Waals surface area contributed by atoms with Crippen molar-refractivity contribution >= 4 is 79.5 Å². The maximum absolute atomic E-state index is 13.4. The van der Waals surface area contributed by atoms with Gasteiger partial charge in [0.1, 0.15) is 11.5 Å². The molecule has 6 rings (SSSR count). The van der Waals surface area contributed by atoms with Gasteiger partial charge in [-0.05, 0) is 219 Å². The van der Waals surface area contributed by atoms with E-state index in [0.29, 0.717) is 25.7 Å². The van der Waals surface area contributed by atoms with Crippen molar-refractivity contribution in [1.29, 1.82) is 0 Å². The molecule has 12 atom stereocenters. The summed E-state index contributed by atoms with van der Waals surface area (Å²) in [6.45, 7) is 6.78. The third-order valence-electron chi connectivity index (χ3n) is 14.3. The molecule has 280 valence electrons. The Hall–Kier alpha value is -0.550. The lowest BCUT2D eigenvalue weighted by Crippen LogP contribution is -2.62. The highest BCUT2D eigenvalue weighted by molar-refractivity contribution is 14.1. The van der Waals surface area contributed by atoms with Gasteiger partial charge in [-0.25, -0.2) is 0 Å². The zero-order chi connectivity index (χ0) is 37.0. The number of rotatable bonds is 11. The van der Waals surface area contributed by atoms with E-state index in [1.165, 1.54) is 0 Å². The van der Waals surface area contributed by atoms with Gasteiger partial charge in [0.05, 0.1) is 27.8 Å². The maximum Gasteiger partial charge on any atom is 0.307 e. The second kappa shape index (κ2) is 15.9. The summed E-state index contributed by atoms with van der Waals surface area (Å²) in [7, 11) is 0. The number of phenolic OH excluding ortho intramolecular Hbond substituents is 1. The van der Waals surface area contributed by atoms with E-state index in [0.717, 1.165) is 65.9 Å². The first-order chi connectivity index (χ1) is 24.0. The number of hydrogen-bond donors (Lipinski definition) is 5. The highest BCUT2D eigenvalue weighted by Gasteiger charge is 2.65. The molecule has 51 heavy (non-hydrogen) atoms. The predicted molar refractivity (Wildman–Crippen MR) is 222 cm³/mol. The number of carboxylic acids is 1. The van der Waals surface area contributed by atoms with Crippen molar-refractivity contribution in [1.82, 2.24) is 0 Å². The highest BCUT2D eigenvalue weighted by Crippen LogP contribution is 2.68. The predicted octanol–water partition coefficient (Wildman–Crippen LogP) is 8.38. The molecule has 4 aliphatic rings. The van der Waals surface area contributed by atoms with Crippen molar-refractivity contribution in [2.45, 2.75) is 116 Å². The van der Waals surface area contributed by atoms with Crippen LogP contribution in [0.15, 0.2) is 30.3 Å². The molecule has 0 spiro atoms. The number of benzene rings is 2. The second-order valence-corrected chi connectivity index (χ2v) is 20.5. The number of carbonyl (C=O) groups excluding carboxylic acids is 1. The summed E-state index contributed by atoms with van der Waals surface area (Å²) in [5.41, 5.74) is 2.87. The first kappa shape index (κ1) is 40.1. The van der Waals surface area contributed by atoms with Crippen LogP contribution in [0.5, 0.6) is 5.75 Å². The number of Topliss-reactive ketones (excluding diaryl/α,β-unsaturated/α-hetero) is 1. The van der Waals surface area contributed by atoms with Gasteiger partial charge in [-0.1, -0.05) is 26.8 Å². The Morgan fingerprint density at radius 3 is 2.25 bits per heavy atom. The van der Waals surface area contributed by atoms with Crippen LogP contribution in [0.1, 0.15) is 102 Å². The number of aliphatic hydroxyl groups is 3. The first-order valence-corrected chi connectivity index (χ1v) is 22.0. The Morgan fingerprint density at radius 2 is 1.59 bits per heavy atom. The van der Waals surface area contributed by atoms with Crippen LogP contribution in [0.25, 0.3) is 0 Å². The van der Waals surface area contributed by atoms with Crippen LogP contribution in [0.3, 0.4) is 0 Å². The van der Waals surface area contributed by atoms with Crippen LogP contribution >= 0.6 is 67.8 Å². The van der Waals surface area contributed by atoms with Gasteiger partial charge < -0.3 is 25.5 Å². The molecule has 2 aromatic rings. The molecular formula is C41H53I3O7. The van der Waals surface area contributed by atoms with Gasteiger partial charge in [0, 0.05) is 20.0 Å². The molecule has 0 aromatic heterocycles. The van der Waals surface area contributed by atoms with Crippen molar-refractivity contribution < 1.29 is 35.1 Å². The Balaban J connectivity index is 1.07. The Labute approximate surface area is 343 Å². The van der Waals surface area contributed by atoms with Gasteiger partial charge in [0.15, 0.2) is 0 Å². The van der Waals surface area contributed by atoms with Crippen LogP contribution in [0.4, 0.5) is 0 Å². The number of hydrogen-bond acceptors (Lipinski definition) is 6. The molecule has 0 saturated heterocycles. The highest BCUT2D eigenvalue weighted by atomic mass is 127. The van der Waals surface area contributed by atoms with Crippen LogP contribution < -0.4 is 0 Å². The number of carbonyl (C=O) groups is 2.